The fraction of sp³-hybridized carbons (Fsp3) is 0.538. The van der Waals surface area contributed by atoms with Crippen LogP contribution in [0.4, 0.5) is 0 Å². The molecule has 0 amide bonds. The summed E-state index contributed by atoms with van der Waals surface area (Å²) in [7, 11) is -6.40. The number of rotatable bonds is 10. The zero-order valence-corrected chi connectivity index (χ0v) is 23.1. The van der Waals surface area contributed by atoms with E-state index in [9.17, 15) is 8.42 Å². The van der Waals surface area contributed by atoms with Crippen molar-refractivity contribution >= 4 is 40.4 Å². The van der Waals surface area contributed by atoms with E-state index in [2.05, 4.69) is 69.3 Å². The molecule has 0 spiro atoms. The topological polar surface area (TPSA) is 74.4 Å². The van der Waals surface area contributed by atoms with Gasteiger partial charge in [-0.1, -0.05) is 81.4 Å². The standard InChI is InChI=1S/C26H35ClO6SSi/c1-26(2,3)35(20-11-6-4-7-12-20,21-13-8-5-9-14-21)31-18-25-24(32-25)17-23-22(15-10-16-30-23)33-34(28,29)19-27/h4-9,11-14,22-25H,10,15-19H2,1-3H3/t22-,23-,24-,25+/m1/s1. The fourth-order valence-corrected chi connectivity index (χ4v) is 10.5. The highest BCUT2D eigenvalue weighted by Gasteiger charge is 2.52. The summed E-state index contributed by atoms with van der Waals surface area (Å²) in [6.07, 6.45) is 0.951. The van der Waals surface area contributed by atoms with Crippen molar-refractivity contribution in [2.45, 2.75) is 69.5 Å². The normalized spacial score (nSPS) is 25.4. The van der Waals surface area contributed by atoms with Gasteiger partial charge >= 0.3 is 0 Å². The smallest absolute Gasteiger partial charge is 0.281 e. The van der Waals surface area contributed by atoms with Gasteiger partial charge in [0.15, 0.2) is 0 Å². The summed E-state index contributed by atoms with van der Waals surface area (Å²) in [6.45, 7) is 7.80. The Morgan fingerprint density at radius 2 is 1.57 bits per heavy atom. The Hall–Kier alpha value is -1.26. The summed E-state index contributed by atoms with van der Waals surface area (Å²) >= 11 is 5.53. The van der Waals surface area contributed by atoms with Crippen molar-refractivity contribution in [3.8, 4) is 0 Å². The van der Waals surface area contributed by atoms with Gasteiger partial charge < -0.3 is 13.9 Å². The van der Waals surface area contributed by atoms with Crippen LogP contribution in [0.1, 0.15) is 40.0 Å². The van der Waals surface area contributed by atoms with Gasteiger partial charge in [0, 0.05) is 13.0 Å². The molecule has 192 valence electrons. The van der Waals surface area contributed by atoms with Gasteiger partial charge in [0.1, 0.15) is 17.4 Å². The molecular formula is C26H35ClO6SSi. The van der Waals surface area contributed by atoms with Crippen molar-refractivity contribution in [2.24, 2.45) is 0 Å². The van der Waals surface area contributed by atoms with Crippen LogP contribution in [0.3, 0.4) is 0 Å². The number of halogens is 1. The van der Waals surface area contributed by atoms with Gasteiger partial charge in [-0.05, 0) is 28.3 Å². The van der Waals surface area contributed by atoms with Gasteiger partial charge in [0.2, 0.25) is 0 Å². The van der Waals surface area contributed by atoms with Gasteiger partial charge in [0.05, 0.1) is 18.8 Å². The van der Waals surface area contributed by atoms with E-state index in [-0.39, 0.29) is 23.4 Å². The van der Waals surface area contributed by atoms with E-state index < -0.39 is 29.8 Å². The highest BCUT2D eigenvalue weighted by Crippen LogP contribution is 2.39. The van der Waals surface area contributed by atoms with Gasteiger partial charge in [-0.2, -0.15) is 8.42 Å². The van der Waals surface area contributed by atoms with Crippen LogP contribution in [0.15, 0.2) is 60.7 Å². The SMILES string of the molecule is CC(C)(C)[Si](OC[C@@H]1O[C@@H]1C[C@H]1OCCC[C@H]1OS(=O)(=O)CCl)(c1ccccc1)c1ccccc1. The highest BCUT2D eigenvalue weighted by atomic mass is 35.5. The van der Waals surface area contributed by atoms with Gasteiger partial charge in [-0.25, -0.2) is 0 Å². The van der Waals surface area contributed by atoms with Gasteiger partial charge in [-0.3, -0.25) is 4.18 Å². The summed E-state index contributed by atoms with van der Waals surface area (Å²) in [6, 6.07) is 21.0. The Bertz CT molecular complexity index is 1020. The monoisotopic (exact) mass is 538 g/mol. The number of hydrogen-bond acceptors (Lipinski definition) is 6. The minimum absolute atomic E-state index is 0.0545. The van der Waals surface area contributed by atoms with Crippen LogP contribution in [0.25, 0.3) is 0 Å². The molecule has 2 aliphatic heterocycles. The average Bonchev–Trinajstić information content (AvgIpc) is 3.59. The predicted molar refractivity (Wildman–Crippen MR) is 140 cm³/mol. The maximum absolute atomic E-state index is 11.9. The van der Waals surface area contributed by atoms with E-state index >= 15 is 0 Å². The third-order valence-corrected chi connectivity index (χ3v) is 13.4. The average molecular weight is 539 g/mol. The maximum Gasteiger partial charge on any atom is 0.281 e. The molecule has 4 rings (SSSR count). The number of ether oxygens (including phenoxy) is 2. The van der Waals surface area contributed by atoms with E-state index in [0.29, 0.717) is 26.1 Å². The predicted octanol–water partition coefficient (Wildman–Crippen LogP) is 3.81. The molecular weight excluding hydrogens is 504 g/mol. The molecule has 4 atom stereocenters. The van der Waals surface area contributed by atoms with Crippen LogP contribution in [0.2, 0.25) is 5.04 Å². The summed E-state index contributed by atoms with van der Waals surface area (Å²) in [5.41, 5.74) is 0. The molecule has 9 heteroatoms. The minimum Gasteiger partial charge on any atom is -0.405 e. The largest absolute Gasteiger partial charge is 0.405 e. The molecule has 2 fully saturated rings. The first-order valence-electron chi connectivity index (χ1n) is 12.2. The number of hydrogen-bond donors (Lipinski definition) is 0. The lowest BCUT2D eigenvalue weighted by molar-refractivity contribution is -0.0661. The minimum atomic E-state index is -3.76. The Labute approximate surface area is 215 Å². The lowest BCUT2D eigenvalue weighted by Crippen LogP contribution is -2.66. The first-order valence-corrected chi connectivity index (χ1v) is 16.2. The zero-order chi connectivity index (χ0) is 25.1. The maximum atomic E-state index is 11.9. The van der Waals surface area contributed by atoms with Gasteiger partial charge in [-0.15, -0.1) is 11.6 Å². The molecule has 6 nitrogen and oxygen atoms in total. The first kappa shape index (κ1) is 26.8. The molecule has 2 saturated heterocycles. The molecule has 2 aromatic rings. The molecule has 0 radical (unpaired) electrons. The van der Waals surface area contributed by atoms with Crippen LogP contribution >= 0.6 is 11.6 Å². The third kappa shape index (κ3) is 6.18. The zero-order valence-electron chi connectivity index (χ0n) is 20.6. The highest BCUT2D eigenvalue weighted by molar-refractivity contribution is 7.87. The molecule has 0 N–H and O–H groups in total. The van der Waals surface area contributed by atoms with Gasteiger partial charge in [0.25, 0.3) is 18.4 Å². The second-order valence-electron chi connectivity index (χ2n) is 10.3. The Kier molecular flexibility index (Phi) is 8.42. The van der Waals surface area contributed by atoms with Crippen molar-refractivity contribution in [1.29, 1.82) is 0 Å². The summed E-state index contributed by atoms with van der Waals surface area (Å²) in [5, 5.41) is 1.78. The van der Waals surface area contributed by atoms with Crippen molar-refractivity contribution < 1.29 is 26.5 Å². The second-order valence-corrected chi connectivity index (χ2v) is 16.8. The second kappa shape index (κ2) is 11.0. The quantitative estimate of drug-likeness (QED) is 0.198. The molecule has 0 unspecified atom stereocenters. The first-order chi connectivity index (χ1) is 16.7. The van der Waals surface area contributed by atoms with E-state index in [0.717, 1.165) is 6.42 Å². The van der Waals surface area contributed by atoms with E-state index in [1.165, 1.54) is 10.4 Å². The van der Waals surface area contributed by atoms with Crippen LogP contribution in [-0.2, 0) is 28.2 Å². The molecule has 0 bridgehead atoms. The van der Waals surface area contributed by atoms with Crippen molar-refractivity contribution in [2.75, 3.05) is 18.4 Å². The van der Waals surface area contributed by atoms with E-state index in [1.807, 2.05) is 12.1 Å². The summed E-state index contributed by atoms with van der Waals surface area (Å²) in [5.74, 6) is 0. The number of epoxide rings is 1. The van der Waals surface area contributed by atoms with Crippen molar-refractivity contribution in [1.82, 2.24) is 0 Å². The molecule has 2 aliphatic rings. The molecule has 35 heavy (non-hydrogen) atoms. The van der Waals surface area contributed by atoms with E-state index in [1.54, 1.807) is 0 Å². The van der Waals surface area contributed by atoms with Crippen molar-refractivity contribution in [3.63, 3.8) is 0 Å². The summed E-state index contributed by atoms with van der Waals surface area (Å²) in [4.78, 5) is 0. The number of benzene rings is 2. The third-order valence-electron chi connectivity index (χ3n) is 6.82. The molecule has 0 saturated carbocycles. The lowest BCUT2D eigenvalue weighted by atomic mass is 10.0. The van der Waals surface area contributed by atoms with Crippen LogP contribution in [0.5, 0.6) is 0 Å². The number of alkyl halides is 1. The molecule has 0 aliphatic carbocycles. The molecule has 0 aromatic heterocycles. The van der Waals surface area contributed by atoms with Crippen LogP contribution in [-0.4, -0.2) is 59.6 Å². The van der Waals surface area contributed by atoms with Crippen LogP contribution in [0, 0.1) is 0 Å². The van der Waals surface area contributed by atoms with Crippen molar-refractivity contribution in [3.05, 3.63) is 60.7 Å². The molecule has 2 aromatic carbocycles. The Balaban J connectivity index is 1.48. The van der Waals surface area contributed by atoms with Crippen LogP contribution < -0.4 is 10.4 Å². The Morgan fingerprint density at radius 3 is 2.11 bits per heavy atom. The lowest BCUT2D eigenvalue weighted by Gasteiger charge is -2.43. The molecule has 2 heterocycles. The summed E-state index contributed by atoms with van der Waals surface area (Å²) < 4.78 is 47.9. The van der Waals surface area contributed by atoms with E-state index in [4.69, 9.17) is 29.7 Å². The fourth-order valence-electron chi connectivity index (χ4n) is 5.09. The Morgan fingerprint density at radius 1 is 0.971 bits per heavy atom.